The number of ether oxygens (including phenoxy) is 1. The number of methoxy groups -OCH3 is 1. The first kappa shape index (κ1) is 35.1. The van der Waals surface area contributed by atoms with Crippen molar-refractivity contribution in [3.05, 3.63) is 107 Å². The lowest BCUT2D eigenvalue weighted by Crippen LogP contribution is -2.47. The van der Waals surface area contributed by atoms with Crippen LogP contribution >= 0.6 is 0 Å². The number of rotatable bonds is 7. The Kier molecular flexibility index (Phi) is 12.4. The Labute approximate surface area is 276 Å². The van der Waals surface area contributed by atoms with Crippen molar-refractivity contribution in [1.82, 2.24) is 24.3 Å². The summed E-state index contributed by atoms with van der Waals surface area (Å²) in [5, 5.41) is 13.9. The molecule has 10 heteroatoms. The van der Waals surface area contributed by atoms with Crippen LogP contribution in [0.5, 0.6) is 5.75 Å². The second-order valence-electron chi connectivity index (χ2n) is 11.2. The van der Waals surface area contributed by atoms with Crippen LogP contribution in [0.1, 0.15) is 40.9 Å². The Hall–Kier alpha value is -4.80. The van der Waals surface area contributed by atoms with E-state index in [0.717, 1.165) is 57.8 Å². The van der Waals surface area contributed by atoms with Gasteiger partial charge in [-0.1, -0.05) is 26.0 Å². The lowest BCUT2D eigenvalue weighted by molar-refractivity contribution is 0.0663. The SMILES string of the molecule is CC.COc1ccc(Nc2ncnc3ccc(-n4cc(CCO)c(C(=O)N5CCN(C)CC5)c4)cc23)cc1C.Cc1cccc(F)c1. The van der Waals surface area contributed by atoms with Gasteiger partial charge in [0, 0.05) is 61.9 Å². The molecule has 1 aliphatic heterocycles. The monoisotopic (exact) mass is 640 g/mol. The number of nitrogens with zero attached hydrogens (tertiary/aromatic N) is 5. The molecular weight excluding hydrogens is 595 g/mol. The van der Waals surface area contributed by atoms with Crippen LogP contribution in [-0.4, -0.2) is 82.3 Å². The predicted octanol–water partition coefficient (Wildman–Crippen LogP) is 6.56. The molecule has 0 unspecified atom stereocenters. The summed E-state index contributed by atoms with van der Waals surface area (Å²) < 4.78 is 19.5. The number of nitrogens with one attached hydrogen (secondary N) is 1. The summed E-state index contributed by atoms with van der Waals surface area (Å²) in [7, 11) is 3.73. The Morgan fingerprint density at radius 1 is 0.979 bits per heavy atom. The quantitative estimate of drug-likeness (QED) is 0.208. The van der Waals surface area contributed by atoms with Crippen molar-refractivity contribution in [2.75, 3.05) is 52.3 Å². The van der Waals surface area contributed by atoms with E-state index < -0.39 is 0 Å². The first-order valence-corrected chi connectivity index (χ1v) is 15.9. The average molecular weight is 641 g/mol. The number of carbonyl (C=O) groups is 1. The minimum Gasteiger partial charge on any atom is -0.496 e. The zero-order valence-corrected chi connectivity index (χ0v) is 28.1. The summed E-state index contributed by atoms with van der Waals surface area (Å²) in [6, 6.07) is 18.3. The predicted molar refractivity (Wildman–Crippen MR) is 187 cm³/mol. The fourth-order valence-electron chi connectivity index (χ4n) is 5.34. The maximum absolute atomic E-state index is 13.4. The number of amides is 1. The number of carbonyl (C=O) groups excluding carboxylic acids is 1. The van der Waals surface area contributed by atoms with Crippen molar-refractivity contribution in [2.24, 2.45) is 0 Å². The van der Waals surface area contributed by atoms with Crippen LogP contribution in [0.2, 0.25) is 0 Å². The number of hydrogen-bond donors (Lipinski definition) is 2. The molecule has 0 bridgehead atoms. The molecular formula is C37H45FN6O3. The number of anilines is 2. The van der Waals surface area contributed by atoms with Crippen LogP contribution in [0.3, 0.4) is 0 Å². The number of aryl methyl sites for hydroxylation is 2. The molecule has 0 atom stereocenters. The third-order valence-corrected chi connectivity index (χ3v) is 7.87. The number of fused-ring (bicyclic) bond motifs is 1. The molecule has 2 aromatic heterocycles. The normalized spacial score (nSPS) is 12.9. The van der Waals surface area contributed by atoms with Gasteiger partial charge in [-0.25, -0.2) is 14.4 Å². The first-order chi connectivity index (χ1) is 22.7. The van der Waals surface area contributed by atoms with Gasteiger partial charge in [0.1, 0.15) is 23.7 Å². The zero-order valence-electron chi connectivity index (χ0n) is 28.1. The molecule has 0 saturated carbocycles. The van der Waals surface area contributed by atoms with Crippen molar-refractivity contribution < 1.29 is 19.0 Å². The van der Waals surface area contributed by atoms with E-state index in [9.17, 15) is 14.3 Å². The van der Waals surface area contributed by atoms with Crippen LogP contribution in [-0.2, 0) is 6.42 Å². The Balaban J connectivity index is 0.000000433. The molecule has 9 nitrogen and oxygen atoms in total. The number of likely N-dealkylation sites (N-methyl/N-ethyl adjacent to an activating group) is 1. The lowest BCUT2D eigenvalue weighted by atomic mass is 10.1. The van der Waals surface area contributed by atoms with E-state index in [1.807, 2.05) is 92.0 Å². The van der Waals surface area contributed by atoms with Gasteiger partial charge in [-0.3, -0.25) is 4.79 Å². The van der Waals surface area contributed by atoms with Gasteiger partial charge in [-0.05, 0) is 92.5 Å². The highest BCUT2D eigenvalue weighted by Crippen LogP contribution is 2.29. The van der Waals surface area contributed by atoms with Gasteiger partial charge in [0.05, 0.1) is 18.2 Å². The zero-order chi connectivity index (χ0) is 33.9. The summed E-state index contributed by atoms with van der Waals surface area (Å²) in [5.74, 6) is 1.36. The Morgan fingerprint density at radius 3 is 2.38 bits per heavy atom. The minimum absolute atomic E-state index is 0.0108. The maximum atomic E-state index is 13.4. The summed E-state index contributed by atoms with van der Waals surface area (Å²) in [5.41, 5.74) is 6.04. The van der Waals surface area contributed by atoms with E-state index in [1.165, 1.54) is 12.1 Å². The molecule has 0 aliphatic carbocycles. The molecule has 0 spiro atoms. The topological polar surface area (TPSA) is 95.8 Å². The second-order valence-corrected chi connectivity index (χ2v) is 11.2. The van der Waals surface area contributed by atoms with Crippen molar-refractivity contribution in [1.29, 1.82) is 0 Å². The molecule has 1 amide bonds. The largest absolute Gasteiger partial charge is 0.496 e. The minimum atomic E-state index is -0.162. The molecule has 2 N–H and O–H groups in total. The molecule has 47 heavy (non-hydrogen) atoms. The third kappa shape index (κ3) is 8.93. The van der Waals surface area contributed by atoms with Gasteiger partial charge < -0.3 is 29.5 Å². The smallest absolute Gasteiger partial charge is 0.255 e. The van der Waals surface area contributed by atoms with Gasteiger partial charge in [0.2, 0.25) is 0 Å². The molecule has 1 saturated heterocycles. The molecule has 3 aromatic carbocycles. The van der Waals surface area contributed by atoms with Gasteiger partial charge in [-0.15, -0.1) is 0 Å². The fraction of sp³-hybridized carbons (Fsp3) is 0.324. The van der Waals surface area contributed by atoms with Crippen LogP contribution in [0.4, 0.5) is 15.9 Å². The highest BCUT2D eigenvalue weighted by atomic mass is 19.1. The van der Waals surface area contributed by atoms with Crippen LogP contribution < -0.4 is 10.1 Å². The van der Waals surface area contributed by atoms with Crippen molar-refractivity contribution in [2.45, 2.75) is 34.1 Å². The molecule has 6 rings (SSSR count). The summed E-state index contributed by atoms with van der Waals surface area (Å²) >= 11 is 0. The van der Waals surface area contributed by atoms with E-state index in [0.29, 0.717) is 30.9 Å². The first-order valence-electron chi connectivity index (χ1n) is 15.9. The van der Waals surface area contributed by atoms with Crippen LogP contribution in [0.15, 0.2) is 79.4 Å². The van der Waals surface area contributed by atoms with Crippen molar-refractivity contribution in [3.63, 3.8) is 0 Å². The average Bonchev–Trinajstić information content (AvgIpc) is 3.50. The molecule has 0 radical (unpaired) electrons. The van der Waals surface area contributed by atoms with E-state index in [1.54, 1.807) is 19.5 Å². The molecule has 248 valence electrons. The van der Waals surface area contributed by atoms with Crippen molar-refractivity contribution in [3.8, 4) is 11.4 Å². The number of benzene rings is 3. The van der Waals surface area contributed by atoms with Gasteiger partial charge in [0.25, 0.3) is 5.91 Å². The van der Waals surface area contributed by atoms with Gasteiger partial charge >= 0.3 is 0 Å². The van der Waals surface area contributed by atoms with E-state index >= 15 is 0 Å². The lowest BCUT2D eigenvalue weighted by Gasteiger charge is -2.32. The summed E-state index contributed by atoms with van der Waals surface area (Å²) in [6.07, 6.45) is 5.77. The van der Waals surface area contributed by atoms with Crippen LogP contribution in [0.25, 0.3) is 16.6 Å². The van der Waals surface area contributed by atoms with E-state index in [2.05, 4.69) is 27.2 Å². The van der Waals surface area contributed by atoms with E-state index in [4.69, 9.17) is 4.74 Å². The number of aromatic nitrogens is 3. The summed E-state index contributed by atoms with van der Waals surface area (Å²) in [4.78, 5) is 26.4. The third-order valence-electron chi connectivity index (χ3n) is 7.87. The molecule has 1 fully saturated rings. The highest BCUT2D eigenvalue weighted by Gasteiger charge is 2.24. The van der Waals surface area contributed by atoms with Crippen LogP contribution in [0, 0.1) is 19.7 Å². The molecule has 1 aliphatic rings. The molecule has 3 heterocycles. The summed E-state index contributed by atoms with van der Waals surface area (Å²) in [6.45, 7) is 11.0. The fourth-order valence-corrected chi connectivity index (χ4v) is 5.34. The number of piperazine rings is 1. The standard InChI is InChI=1S/C28H32N6O3.C7H7F.C2H6/c1-19-14-21(4-7-26(19)37-3)31-27-23-15-22(5-6-25(23)29-18-30-27)34-16-20(8-13-35)24(17-34)28(36)33-11-9-32(2)10-12-33;1-6-3-2-4-7(8)5-6;1-2/h4-7,14-18,35H,8-13H2,1-3H3,(H,29,30,31);2-5H,1H3;1-2H3. The number of aliphatic hydroxyl groups excluding tert-OH is 1. The van der Waals surface area contributed by atoms with Gasteiger partial charge in [0.15, 0.2) is 0 Å². The number of hydrogen-bond acceptors (Lipinski definition) is 7. The number of aliphatic hydroxyl groups is 1. The Bertz CT molecular complexity index is 1760. The number of halogens is 1. The maximum Gasteiger partial charge on any atom is 0.255 e. The highest BCUT2D eigenvalue weighted by molar-refractivity contribution is 5.96. The molecule has 5 aromatic rings. The van der Waals surface area contributed by atoms with Gasteiger partial charge in [-0.2, -0.15) is 0 Å². The Morgan fingerprint density at radius 2 is 1.74 bits per heavy atom. The van der Waals surface area contributed by atoms with E-state index in [-0.39, 0.29) is 18.3 Å². The van der Waals surface area contributed by atoms with Crippen molar-refractivity contribution >= 4 is 28.3 Å². The second kappa shape index (κ2) is 16.7.